The van der Waals surface area contributed by atoms with Gasteiger partial charge in [-0.3, -0.25) is 4.79 Å². The highest BCUT2D eigenvalue weighted by atomic mass is 32.2. The molecule has 1 fully saturated rings. The molecular weight excluding hydrogens is 276 g/mol. The van der Waals surface area contributed by atoms with Crippen LogP contribution < -0.4 is 10.6 Å². The van der Waals surface area contributed by atoms with Gasteiger partial charge in [0.05, 0.1) is 11.5 Å². The van der Waals surface area contributed by atoms with Crippen LogP contribution in [0.3, 0.4) is 0 Å². The van der Waals surface area contributed by atoms with Crippen molar-refractivity contribution in [2.24, 2.45) is 0 Å². The molecule has 1 heterocycles. The summed E-state index contributed by atoms with van der Waals surface area (Å²) in [6.07, 6.45) is 1.64. The maximum absolute atomic E-state index is 11.5. The lowest BCUT2D eigenvalue weighted by molar-refractivity contribution is -0.114. The van der Waals surface area contributed by atoms with E-state index in [4.69, 9.17) is 0 Å². The number of benzene rings is 1. The summed E-state index contributed by atoms with van der Waals surface area (Å²) in [5.41, 5.74) is 1.84. The quantitative estimate of drug-likeness (QED) is 0.878. The molecule has 5 nitrogen and oxygen atoms in total. The van der Waals surface area contributed by atoms with Gasteiger partial charge in [-0.25, -0.2) is 8.42 Å². The second-order valence-electron chi connectivity index (χ2n) is 5.21. The maximum Gasteiger partial charge on any atom is 0.221 e. The van der Waals surface area contributed by atoms with Crippen LogP contribution in [0, 0.1) is 0 Å². The van der Waals surface area contributed by atoms with Crippen molar-refractivity contribution in [1.29, 1.82) is 0 Å². The molecule has 110 valence electrons. The summed E-state index contributed by atoms with van der Waals surface area (Å²) in [5, 5.41) is 6.00. The molecule has 1 aliphatic rings. The molecule has 2 N–H and O–H groups in total. The Bertz CT molecular complexity index is 567. The van der Waals surface area contributed by atoms with Crippen LogP contribution in [0.5, 0.6) is 0 Å². The van der Waals surface area contributed by atoms with Crippen molar-refractivity contribution in [1.82, 2.24) is 5.32 Å². The first-order valence-electron chi connectivity index (χ1n) is 6.75. The van der Waals surface area contributed by atoms with Crippen molar-refractivity contribution in [3.8, 4) is 0 Å². The lowest BCUT2D eigenvalue weighted by Gasteiger charge is -2.23. The Morgan fingerprint density at radius 3 is 2.60 bits per heavy atom. The molecule has 0 saturated carbocycles. The number of carbonyl (C=O) groups is 1. The van der Waals surface area contributed by atoms with Crippen LogP contribution in [0.25, 0.3) is 0 Å². The fourth-order valence-corrected chi connectivity index (χ4v) is 4.03. The van der Waals surface area contributed by atoms with Crippen molar-refractivity contribution < 1.29 is 13.2 Å². The summed E-state index contributed by atoms with van der Waals surface area (Å²) in [5.74, 6) is 0.455. The van der Waals surface area contributed by atoms with Crippen LogP contribution in [-0.4, -0.2) is 31.9 Å². The largest absolute Gasteiger partial charge is 0.326 e. The number of hydrogen-bond donors (Lipinski definition) is 2. The number of hydrogen-bond acceptors (Lipinski definition) is 4. The van der Waals surface area contributed by atoms with E-state index in [9.17, 15) is 13.2 Å². The first-order chi connectivity index (χ1) is 9.44. The van der Waals surface area contributed by atoms with Crippen LogP contribution >= 0.6 is 0 Å². The van der Waals surface area contributed by atoms with E-state index in [1.165, 1.54) is 6.92 Å². The van der Waals surface area contributed by atoms with Gasteiger partial charge in [0.15, 0.2) is 9.84 Å². The first kappa shape index (κ1) is 15.0. The lowest BCUT2D eigenvalue weighted by Crippen LogP contribution is -2.39. The van der Waals surface area contributed by atoms with Crippen LogP contribution in [0.4, 0.5) is 5.69 Å². The number of amides is 1. The van der Waals surface area contributed by atoms with Crippen LogP contribution in [0.2, 0.25) is 0 Å². The molecule has 1 atom stereocenters. The fraction of sp³-hybridized carbons (Fsp3) is 0.500. The topological polar surface area (TPSA) is 75.3 Å². The first-order valence-corrected chi connectivity index (χ1v) is 8.57. The molecule has 0 spiro atoms. The average molecular weight is 296 g/mol. The average Bonchev–Trinajstić information content (AvgIpc) is 2.36. The summed E-state index contributed by atoms with van der Waals surface area (Å²) in [6, 6.07) is 7.58. The highest BCUT2D eigenvalue weighted by Crippen LogP contribution is 2.14. The SMILES string of the molecule is CC(=O)Nc1ccc(CNC2CCCS(=O)(=O)C2)cc1. The zero-order valence-corrected chi connectivity index (χ0v) is 12.4. The Labute approximate surface area is 119 Å². The van der Waals surface area contributed by atoms with Gasteiger partial charge in [-0.2, -0.15) is 0 Å². The third kappa shape index (κ3) is 4.61. The van der Waals surface area contributed by atoms with Crippen LogP contribution in [0.1, 0.15) is 25.3 Å². The van der Waals surface area contributed by atoms with Gasteiger partial charge in [-0.1, -0.05) is 12.1 Å². The Hall–Kier alpha value is -1.40. The molecule has 2 rings (SSSR count). The second-order valence-corrected chi connectivity index (χ2v) is 7.44. The third-order valence-corrected chi connectivity index (χ3v) is 5.15. The van der Waals surface area contributed by atoms with Crippen molar-refractivity contribution in [3.05, 3.63) is 29.8 Å². The van der Waals surface area contributed by atoms with Gasteiger partial charge in [0.25, 0.3) is 0 Å². The number of anilines is 1. The predicted molar refractivity (Wildman–Crippen MR) is 79.3 cm³/mol. The zero-order chi connectivity index (χ0) is 14.6. The molecule has 0 aliphatic carbocycles. The molecule has 1 aromatic carbocycles. The van der Waals surface area contributed by atoms with E-state index in [1.807, 2.05) is 24.3 Å². The van der Waals surface area contributed by atoms with Crippen molar-refractivity contribution in [3.63, 3.8) is 0 Å². The summed E-state index contributed by atoms with van der Waals surface area (Å²) < 4.78 is 23.1. The van der Waals surface area contributed by atoms with E-state index in [-0.39, 0.29) is 17.7 Å². The molecular formula is C14H20N2O3S. The minimum absolute atomic E-state index is 0.0452. The van der Waals surface area contributed by atoms with Gasteiger partial charge in [-0.05, 0) is 30.5 Å². The van der Waals surface area contributed by atoms with Crippen molar-refractivity contribution in [2.75, 3.05) is 16.8 Å². The van der Waals surface area contributed by atoms with Crippen LogP contribution in [-0.2, 0) is 21.2 Å². The summed E-state index contributed by atoms with van der Waals surface area (Å²) >= 11 is 0. The Morgan fingerprint density at radius 1 is 1.30 bits per heavy atom. The van der Waals surface area contributed by atoms with E-state index in [0.717, 1.165) is 24.1 Å². The Morgan fingerprint density at radius 2 is 2.00 bits per heavy atom. The minimum Gasteiger partial charge on any atom is -0.326 e. The van der Waals surface area contributed by atoms with E-state index in [1.54, 1.807) is 0 Å². The molecule has 1 saturated heterocycles. The maximum atomic E-state index is 11.5. The monoisotopic (exact) mass is 296 g/mol. The van der Waals surface area contributed by atoms with Gasteiger partial charge in [-0.15, -0.1) is 0 Å². The van der Waals surface area contributed by atoms with Gasteiger partial charge in [0, 0.05) is 25.2 Å². The molecule has 1 aromatic rings. The van der Waals surface area contributed by atoms with Gasteiger partial charge >= 0.3 is 0 Å². The van der Waals surface area contributed by atoms with Gasteiger partial charge in [0.1, 0.15) is 0 Å². The standard InChI is InChI=1S/C14H20N2O3S/c1-11(17)16-13-6-4-12(5-7-13)9-15-14-3-2-8-20(18,19)10-14/h4-7,14-15H,2-3,8-10H2,1H3,(H,16,17). The fourth-order valence-electron chi connectivity index (χ4n) is 2.36. The summed E-state index contributed by atoms with van der Waals surface area (Å²) in [6.45, 7) is 2.11. The van der Waals surface area contributed by atoms with E-state index < -0.39 is 9.84 Å². The second kappa shape index (κ2) is 6.37. The third-order valence-electron chi connectivity index (χ3n) is 3.33. The number of nitrogens with one attached hydrogen (secondary N) is 2. The molecule has 1 aliphatic heterocycles. The molecule has 6 heteroatoms. The molecule has 1 unspecified atom stereocenters. The number of sulfone groups is 1. The number of rotatable bonds is 4. The zero-order valence-electron chi connectivity index (χ0n) is 11.6. The van der Waals surface area contributed by atoms with E-state index in [2.05, 4.69) is 10.6 Å². The van der Waals surface area contributed by atoms with Gasteiger partial charge < -0.3 is 10.6 Å². The molecule has 0 radical (unpaired) electrons. The van der Waals surface area contributed by atoms with E-state index in [0.29, 0.717) is 12.3 Å². The van der Waals surface area contributed by atoms with Crippen molar-refractivity contribution in [2.45, 2.75) is 32.4 Å². The highest BCUT2D eigenvalue weighted by molar-refractivity contribution is 7.91. The van der Waals surface area contributed by atoms with E-state index >= 15 is 0 Å². The molecule has 0 aromatic heterocycles. The Balaban J connectivity index is 1.86. The Kier molecular flexibility index (Phi) is 4.77. The predicted octanol–water partition coefficient (Wildman–Crippen LogP) is 1.31. The number of carbonyl (C=O) groups excluding carboxylic acids is 1. The highest BCUT2D eigenvalue weighted by Gasteiger charge is 2.23. The van der Waals surface area contributed by atoms with Crippen molar-refractivity contribution >= 4 is 21.4 Å². The van der Waals surface area contributed by atoms with Crippen LogP contribution in [0.15, 0.2) is 24.3 Å². The summed E-state index contributed by atoms with van der Waals surface area (Å²) in [7, 11) is -2.87. The smallest absolute Gasteiger partial charge is 0.221 e. The molecule has 20 heavy (non-hydrogen) atoms. The minimum atomic E-state index is -2.87. The normalized spacial score (nSPS) is 21.4. The molecule has 0 bridgehead atoms. The summed E-state index contributed by atoms with van der Waals surface area (Å²) in [4.78, 5) is 10.9. The molecule has 1 amide bonds. The lowest BCUT2D eigenvalue weighted by atomic mass is 10.1. The van der Waals surface area contributed by atoms with Gasteiger partial charge in [0.2, 0.25) is 5.91 Å².